The Balaban J connectivity index is 4.08. The molecule has 0 radical (unpaired) electrons. The molecule has 0 bridgehead atoms. The van der Waals surface area contributed by atoms with E-state index in [1.54, 1.807) is 0 Å². The molecule has 3 nitrogen and oxygen atoms in total. The van der Waals surface area contributed by atoms with Gasteiger partial charge in [0.1, 0.15) is 0 Å². The summed E-state index contributed by atoms with van der Waals surface area (Å²) in [5, 5.41) is 18.3. The fraction of sp³-hybridized carbons (Fsp3) is 0.889. The van der Waals surface area contributed by atoms with Gasteiger partial charge < -0.3 is 10.0 Å². The van der Waals surface area contributed by atoms with Gasteiger partial charge in [-0.05, 0) is 20.0 Å². The van der Waals surface area contributed by atoms with E-state index in [4.69, 9.17) is 5.26 Å². The monoisotopic (exact) mass is 170 g/mol. The third-order valence-electron chi connectivity index (χ3n) is 1.82. The van der Waals surface area contributed by atoms with Crippen LogP contribution in [0.15, 0.2) is 0 Å². The van der Waals surface area contributed by atoms with Crippen LogP contribution >= 0.6 is 0 Å². The largest absolute Gasteiger partial charge is 0.391 e. The van der Waals surface area contributed by atoms with E-state index in [0.717, 1.165) is 0 Å². The van der Waals surface area contributed by atoms with E-state index >= 15 is 0 Å². The Morgan fingerprint density at radius 2 is 1.92 bits per heavy atom. The van der Waals surface area contributed by atoms with Crippen molar-refractivity contribution in [2.24, 2.45) is 11.8 Å². The van der Waals surface area contributed by atoms with E-state index in [2.05, 4.69) is 6.07 Å². The van der Waals surface area contributed by atoms with Crippen LogP contribution in [0.2, 0.25) is 0 Å². The van der Waals surface area contributed by atoms with Gasteiger partial charge in [-0.3, -0.25) is 0 Å². The number of rotatable bonds is 4. The second-order valence-corrected chi connectivity index (χ2v) is 3.73. The second kappa shape index (κ2) is 5.13. The van der Waals surface area contributed by atoms with Gasteiger partial charge in [0.05, 0.1) is 18.1 Å². The zero-order chi connectivity index (χ0) is 9.72. The van der Waals surface area contributed by atoms with Gasteiger partial charge >= 0.3 is 0 Å². The van der Waals surface area contributed by atoms with Gasteiger partial charge in [-0.15, -0.1) is 0 Å². The Labute approximate surface area is 74.6 Å². The number of hydrogen-bond acceptors (Lipinski definition) is 3. The van der Waals surface area contributed by atoms with Crippen LogP contribution in [0, 0.1) is 23.2 Å². The number of aliphatic hydroxyl groups is 1. The van der Waals surface area contributed by atoms with E-state index in [-0.39, 0.29) is 11.8 Å². The minimum absolute atomic E-state index is 0.148. The van der Waals surface area contributed by atoms with E-state index in [9.17, 15) is 5.11 Å². The summed E-state index contributed by atoms with van der Waals surface area (Å²) in [6.45, 7) is 4.46. The van der Waals surface area contributed by atoms with Crippen LogP contribution in [-0.4, -0.2) is 36.8 Å². The summed E-state index contributed by atoms with van der Waals surface area (Å²) in [6.07, 6.45) is -0.516. The zero-order valence-corrected chi connectivity index (χ0v) is 8.28. The highest BCUT2D eigenvalue weighted by molar-refractivity contribution is 4.90. The molecule has 0 unspecified atom stereocenters. The molecule has 3 heteroatoms. The minimum atomic E-state index is -0.516. The minimum Gasteiger partial charge on any atom is -0.391 e. The van der Waals surface area contributed by atoms with Crippen molar-refractivity contribution < 1.29 is 5.11 Å². The summed E-state index contributed by atoms with van der Waals surface area (Å²) in [7, 11) is 3.80. The van der Waals surface area contributed by atoms with Crippen molar-refractivity contribution in [2.75, 3.05) is 20.6 Å². The van der Waals surface area contributed by atoms with Crippen LogP contribution in [0.4, 0.5) is 0 Å². The molecule has 70 valence electrons. The Kier molecular flexibility index (Phi) is 4.87. The third-order valence-corrected chi connectivity index (χ3v) is 1.82. The van der Waals surface area contributed by atoms with Crippen molar-refractivity contribution >= 4 is 0 Å². The first-order valence-electron chi connectivity index (χ1n) is 4.21. The predicted octanol–water partition coefficient (Wildman–Crippen LogP) is 0.705. The van der Waals surface area contributed by atoms with Gasteiger partial charge in [0.2, 0.25) is 0 Å². The predicted molar refractivity (Wildman–Crippen MR) is 48.5 cm³/mol. The van der Waals surface area contributed by atoms with E-state index in [1.165, 1.54) is 0 Å². The summed E-state index contributed by atoms with van der Waals surface area (Å²) in [5.74, 6) is -0.130. The summed E-state index contributed by atoms with van der Waals surface area (Å²) in [4.78, 5) is 1.92. The number of nitriles is 1. The first kappa shape index (κ1) is 11.4. The highest BCUT2D eigenvalue weighted by atomic mass is 16.3. The molecule has 0 aliphatic rings. The van der Waals surface area contributed by atoms with Gasteiger partial charge in [0.25, 0.3) is 0 Å². The average molecular weight is 170 g/mol. The molecule has 0 spiro atoms. The molecular formula is C9H18N2O. The normalized spacial score (nSPS) is 16.2. The topological polar surface area (TPSA) is 47.3 Å². The Bertz CT molecular complexity index is 160. The SMILES string of the molecule is CC(C)[C@@H](O)[C@H](C#N)CN(C)C. The summed E-state index contributed by atoms with van der Waals surface area (Å²) < 4.78 is 0. The van der Waals surface area contributed by atoms with Crippen molar-refractivity contribution in [2.45, 2.75) is 20.0 Å². The molecule has 0 saturated carbocycles. The van der Waals surface area contributed by atoms with Crippen molar-refractivity contribution in [1.82, 2.24) is 4.90 Å². The fourth-order valence-corrected chi connectivity index (χ4v) is 1.08. The lowest BCUT2D eigenvalue weighted by Gasteiger charge is -2.22. The van der Waals surface area contributed by atoms with Gasteiger partial charge in [0, 0.05) is 6.54 Å². The van der Waals surface area contributed by atoms with Crippen LogP contribution < -0.4 is 0 Å². The molecule has 0 amide bonds. The lowest BCUT2D eigenvalue weighted by molar-refractivity contribution is 0.0754. The van der Waals surface area contributed by atoms with Gasteiger partial charge in [-0.1, -0.05) is 13.8 Å². The highest BCUT2D eigenvalue weighted by Gasteiger charge is 2.22. The molecule has 0 rings (SSSR count). The van der Waals surface area contributed by atoms with E-state index < -0.39 is 6.10 Å². The van der Waals surface area contributed by atoms with Gasteiger partial charge in [-0.2, -0.15) is 5.26 Å². The van der Waals surface area contributed by atoms with Crippen LogP contribution in [0.1, 0.15) is 13.8 Å². The molecule has 0 aliphatic heterocycles. The van der Waals surface area contributed by atoms with Crippen LogP contribution in [-0.2, 0) is 0 Å². The molecular weight excluding hydrogens is 152 g/mol. The summed E-state index contributed by atoms with van der Waals surface area (Å²) in [5.41, 5.74) is 0. The van der Waals surface area contributed by atoms with E-state index in [1.807, 2.05) is 32.8 Å². The first-order chi connectivity index (χ1) is 5.49. The molecule has 0 saturated heterocycles. The lowest BCUT2D eigenvalue weighted by Crippen LogP contribution is -2.33. The molecule has 1 N–H and O–H groups in total. The maximum absolute atomic E-state index is 9.59. The second-order valence-electron chi connectivity index (χ2n) is 3.73. The van der Waals surface area contributed by atoms with Crippen LogP contribution in [0.5, 0.6) is 0 Å². The van der Waals surface area contributed by atoms with Crippen molar-refractivity contribution in [3.05, 3.63) is 0 Å². The maximum atomic E-state index is 9.59. The third kappa shape index (κ3) is 3.70. The molecule has 0 aromatic rings. The van der Waals surface area contributed by atoms with Crippen molar-refractivity contribution in [1.29, 1.82) is 5.26 Å². The Morgan fingerprint density at radius 3 is 2.17 bits per heavy atom. The van der Waals surface area contributed by atoms with Crippen molar-refractivity contribution in [3.8, 4) is 6.07 Å². The maximum Gasteiger partial charge on any atom is 0.0851 e. The van der Waals surface area contributed by atoms with Crippen molar-refractivity contribution in [3.63, 3.8) is 0 Å². The standard InChI is InChI=1S/C9H18N2O/c1-7(2)9(12)8(5-10)6-11(3)4/h7-9,12H,6H2,1-4H3/t8-,9-/m1/s1. The average Bonchev–Trinajstić information content (AvgIpc) is 1.98. The van der Waals surface area contributed by atoms with Crippen LogP contribution in [0.3, 0.4) is 0 Å². The Hall–Kier alpha value is -0.590. The summed E-state index contributed by atoms with van der Waals surface area (Å²) in [6, 6.07) is 2.12. The Morgan fingerprint density at radius 1 is 1.42 bits per heavy atom. The number of aliphatic hydroxyl groups excluding tert-OH is 1. The van der Waals surface area contributed by atoms with Crippen LogP contribution in [0.25, 0.3) is 0 Å². The molecule has 2 atom stereocenters. The molecule has 0 aliphatic carbocycles. The molecule has 12 heavy (non-hydrogen) atoms. The smallest absolute Gasteiger partial charge is 0.0851 e. The van der Waals surface area contributed by atoms with E-state index in [0.29, 0.717) is 6.54 Å². The summed E-state index contributed by atoms with van der Waals surface area (Å²) >= 11 is 0. The molecule has 0 aromatic heterocycles. The number of nitrogens with zero attached hydrogens (tertiary/aromatic N) is 2. The quantitative estimate of drug-likeness (QED) is 0.675. The number of hydrogen-bond donors (Lipinski definition) is 1. The van der Waals surface area contributed by atoms with Gasteiger partial charge in [0.15, 0.2) is 0 Å². The van der Waals surface area contributed by atoms with Gasteiger partial charge in [-0.25, -0.2) is 0 Å². The highest BCUT2D eigenvalue weighted by Crippen LogP contribution is 2.12. The fourth-order valence-electron chi connectivity index (χ4n) is 1.08. The first-order valence-corrected chi connectivity index (χ1v) is 4.21. The molecule has 0 heterocycles. The molecule has 0 fully saturated rings. The molecule has 0 aromatic carbocycles. The lowest BCUT2D eigenvalue weighted by atomic mass is 9.94. The zero-order valence-electron chi connectivity index (χ0n) is 8.28.